The van der Waals surface area contributed by atoms with Crippen LogP contribution in [0.4, 0.5) is 0 Å². The molecule has 32 heavy (non-hydrogen) atoms. The average molecular weight is 423 g/mol. The summed E-state index contributed by atoms with van der Waals surface area (Å²) in [6.45, 7) is 3.84. The second kappa shape index (κ2) is 8.11. The number of rotatable bonds is 5. The molecule has 7 nitrogen and oxygen atoms in total. The van der Waals surface area contributed by atoms with Crippen molar-refractivity contribution in [3.05, 3.63) is 96.3 Å². The number of furan rings is 1. The van der Waals surface area contributed by atoms with E-state index in [1.165, 1.54) is 6.33 Å². The monoisotopic (exact) mass is 423 g/mol. The highest BCUT2D eigenvalue weighted by Crippen LogP contribution is 2.27. The van der Waals surface area contributed by atoms with Gasteiger partial charge in [-0.2, -0.15) is 5.10 Å². The zero-order chi connectivity index (χ0) is 22.1. The molecular weight excluding hydrogens is 402 g/mol. The summed E-state index contributed by atoms with van der Waals surface area (Å²) in [5.74, 6) is 1.27. The normalized spacial score (nSPS) is 12.1. The Bertz CT molecular complexity index is 1390. The highest BCUT2D eigenvalue weighted by Gasteiger charge is 2.17. The van der Waals surface area contributed by atoms with Crippen molar-refractivity contribution in [3.63, 3.8) is 0 Å². The molecule has 5 aromatic rings. The van der Waals surface area contributed by atoms with Crippen molar-refractivity contribution < 1.29 is 9.21 Å². The van der Waals surface area contributed by atoms with Crippen LogP contribution < -0.4 is 5.32 Å². The smallest absolute Gasteiger partial charge is 0.252 e. The predicted molar refractivity (Wildman–Crippen MR) is 121 cm³/mol. The van der Waals surface area contributed by atoms with Crippen molar-refractivity contribution in [1.29, 1.82) is 0 Å². The van der Waals surface area contributed by atoms with Crippen molar-refractivity contribution in [1.82, 2.24) is 25.1 Å². The molecule has 3 heterocycles. The molecule has 7 heteroatoms. The summed E-state index contributed by atoms with van der Waals surface area (Å²) in [7, 11) is 0. The van der Waals surface area contributed by atoms with Gasteiger partial charge in [0.25, 0.3) is 5.91 Å². The van der Waals surface area contributed by atoms with Crippen LogP contribution in [0.5, 0.6) is 0 Å². The second-order valence-corrected chi connectivity index (χ2v) is 7.61. The molecule has 1 N–H and O–H groups in total. The highest BCUT2D eigenvalue weighted by atomic mass is 16.3. The molecule has 5 rings (SSSR count). The lowest BCUT2D eigenvalue weighted by atomic mass is 10.0. The Morgan fingerprint density at radius 3 is 2.59 bits per heavy atom. The number of benzene rings is 2. The molecule has 3 aromatic heterocycles. The largest absolute Gasteiger partial charge is 0.460 e. The van der Waals surface area contributed by atoms with E-state index in [2.05, 4.69) is 20.4 Å². The third kappa shape index (κ3) is 3.76. The van der Waals surface area contributed by atoms with Crippen molar-refractivity contribution in [2.75, 3.05) is 0 Å². The first-order valence-electron chi connectivity index (χ1n) is 10.3. The van der Waals surface area contributed by atoms with E-state index < -0.39 is 0 Å². The first-order chi connectivity index (χ1) is 15.6. The Balaban J connectivity index is 1.44. The van der Waals surface area contributed by atoms with Crippen molar-refractivity contribution in [2.24, 2.45) is 0 Å². The maximum atomic E-state index is 13.3. The van der Waals surface area contributed by atoms with E-state index in [1.54, 1.807) is 17.1 Å². The molecule has 1 amide bonds. The van der Waals surface area contributed by atoms with Crippen LogP contribution in [0.1, 0.15) is 34.6 Å². The minimum Gasteiger partial charge on any atom is -0.460 e. The topological polar surface area (TPSA) is 85.8 Å². The van der Waals surface area contributed by atoms with Gasteiger partial charge in [-0.1, -0.05) is 30.3 Å². The Morgan fingerprint density at radius 2 is 1.88 bits per heavy atom. The number of aryl methyl sites for hydroxylation is 1. The van der Waals surface area contributed by atoms with Crippen LogP contribution in [0.3, 0.4) is 0 Å². The molecule has 0 radical (unpaired) electrons. The minimum atomic E-state index is -0.187. The zero-order valence-electron chi connectivity index (χ0n) is 17.7. The first kappa shape index (κ1) is 19.7. The van der Waals surface area contributed by atoms with Crippen LogP contribution in [-0.4, -0.2) is 25.7 Å². The molecule has 0 fully saturated rings. The number of para-hydroxylation sites is 1. The Kier molecular flexibility index (Phi) is 4.99. The molecule has 0 aliphatic carbocycles. The average Bonchev–Trinajstić information content (AvgIpc) is 3.50. The Morgan fingerprint density at radius 1 is 1.06 bits per heavy atom. The van der Waals surface area contributed by atoms with Gasteiger partial charge < -0.3 is 9.73 Å². The van der Waals surface area contributed by atoms with Crippen molar-refractivity contribution in [3.8, 4) is 17.1 Å². The molecule has 0 aliphatic heterocycles. The summed E-state index contributed by atoms with van der Waals surface area (Å²) in [4.78, 5) is 21.9. The van der Waals surface area contributed by atoms with Gasteiger partial charge in [0, 0.05) is 5.39 Å². The number of fused-ring (bicyclic) bond motifs is 1. The molecule has 2 aromatic carbocycles. The van der Waals surface area contributed by atoms with Crippen LogP contribution >= 0.6 is 0 Å². The molecule has 1 atom stereocenters. The lowest BCUT2D eigenvalue weighted by Gasteiger charge is -2.16. The summed E-state index contributed by atoms with van der Waals surface area (Å²) in [6, 6.07) is 20.8. The van der Waals surface area contributed by atoms with Gasteiger partial charge in [0.05, 0.1) is 22.8 Å². The lowest BCUT2D eigenvalue weighted by Crippen LogP contribution is -2.27. The number of nitrogens with one attached hydrogen (secondary N) is 1. The summed E-state index contributed by atoms with van der Waals surface area (Å²) < 4.78 is 7.43. The van der Waals surface area contributed by atoms with E-state index >= 15 is 0 Å². The maximum absolute atomic E-state index is 13.3. The predicted octanol–water partition coefficient (Wildman–Crippen LogP) is 4.87. The number of carbonyl (C=O) groups excluding carboxylic acids is 1. The first-order valence-corrected chi connectivity index (χ1v) is 10.3. The van der Waals surface area contributed by atoms with Gasteiger partial charge in [-0.25, -0.2) is 14.6 Å². The van der Waals surface area contributed by atoms with Crippen LogP contribution in [0.25, 0.3) is 28.0 Å². The quantitative estimate of drug-likeness (QED) is 0.436. The molecular formula is C25H21N5O2. The van der Waals surface area contributed by atoms with Crippen LogP contribution in [0.2, 0.25) is 0 Å². The number of hydrogen-bond donors (Lipinski definition) is 1. The number of carbonyl (C=O) groups is 1. The van der Waals surface area contributed by atoms with Gasteiger partial charge in [0.15, 0.2) is 5.76 Å². The molecule has 0 aliphatic rings. The molecule has 158 valence electrons. The molecule has 0 bridgehead atoms. The number of nitrogens with zero attached hydrogens (tertiary/aromatic N) is 4. The second-order valence-electron chi connectivity index (χ2n) is 7.61. The van der Waals surface area contributed by atoms with Gasteiger partial charge in [0.1, 0.15) is 24.1 Å². The Hall–Kier alpha value is -4.26. The van der Waals surface area contributed by atoms with E-state index in [1.807, 2.05) is 74.5 Å². The molecule has 1 unspecified atom stereocenters. The summed E-state index contributed by atoms with van der Waals surface area (Å²) >= 11 is 0. The third-order valence-corrected chi connectivity index (χ3v) is 5.38. The van der Waals surface area contributed by atoms with E-state index in [-0.39, 0.29) is 11.9 Å². The summed E-state index contributed by atoms with van der Waals surface area (Å²) in [6.07, 6.45) is 3.14. The highest BCUT2D eigenvalue weighted by molar-refractivity contribution is 6.07. The van der Waals surface area contributed by atoms with Gasteiger partial charge in [-0.15, -0.1) is 0 Å². The fraction of sp³-hybridized carbons (Fsp3) is 0.120. The van der Waals surface area contributed by atoms with E-state index in [4.69, 9.17) is 4.42 Å². The van der Waals surface area contributed by atoms with Gasteiger partial charge in [-0.05, 0) is 55.8 Å². The summed E-state index contributed by atoms with van der Waals surface area (Å²) in [5, 5.41) is 8.04. The molecule has 0 saturated heterocycles. The van der Waals surface area contributed by atoms with E-state index in [0.717, 1.165) is 27.9 Å². The van der Waals surface area contributed by atoms with Gasteiger partial charge >= 0.3 is 0 Å². The fourth-order valence-electron chi connectivity index (χ4n) is 3.68. The third-order valence-electron chi connectivity index (χ3n) is 5.38. The number of aromatic nitrogens is 4. The van der Waals surface area contributed by atoms with Crippen LogP contribution in [-0.2, 0) is 0 Å². The zero-order valence-corrected chi connectivity index (χ0v) is 17.7. The standard InChI is InChI=1S/C25H21N5O2/c1-16-7-12-24(32-16)23-13-21(20-5-3-4-6-22(20)29-23)25(31)28-17(2)18-8-10-19(11-9-18)30-15-26-14-27-30/h3-15,17H,1-2H3,(H,28,31). The summed E-state index contributed by atoms with van der Waals surface area (Å²) in [5.41, 5.74) is 3.83. The number of pyridine rings is 1. The van der Waals surface area contributed by atoms with Crippen LogP contribution in [0.15, 0.2) is 83.8 Å². The number of hydrogen-bond acceptors (Lipinski definition) is 5. The lowest BCUT2D eigenvalue weighted by molar-refractivity contribution is 0.0941. The van der Waals surface area contributed by atoms with Crippen LogP contribution in [0, 0.1) is 6.92 Å². The van der Waals surface area contributed by atoms with Crippen molar-refractivity contribution >= 4 is 16.8 Å². The van der Waals surface area contributed by atoms with Gasteiger partial charge in [0.2, 0.25) is 0 Å². The number of amides is 1. The fourth-order valence-corrected chi connectivity index (χ4v) is 3.68. The van der Waals surface area contributed by atoms with Crippen molar-refractivity contribution in [2.45, 2.75) is 19.9 Å². The molecule has 0 spiro atoms. The van der Waals surface area contributed by atoms with Gasteiger partial charge in [-0.3, -0.25) is 4.79 Å². The maximum Gasteiger partial charge on any atom is 0.252 e. The molecule has 0 saturated carbocycles. The minimum absolute atomic E-state index is 0.166. The Labute approximate surface area is 184 Å². The van der Waals surface area contributed by atoms with E-state index in [9.17, 15) is 4.79 Å². The SMILES string of the molecule is Cc1ccc(-c2cc(C(=O)NC(C)c3ccc(-n4cncn4)cc3)c3ccccc3n2)o1. The van der Waals surface area contributed by atoms with E-state index in [0.29, 0.717) is 17.0 Å².